The zero-order chi connectivity index (χ0) is 10.9. The molecule has 1 atom stereocenters. The molecule has 1 aromatic rings. The Labute approximate surface area is 103 Å². The highest BCUT2D eigenvalue weighted by atomic mass is 79.9. The lowest BCUT2D eigenvalue weighted by Gasteiger charge is -2.28. The third kappa shape index (κ3) is 2.81. The van der Waals surface area contributed by atoms with Crippen molar-refractivity contribution in [2.75, 3.05) is 6.61 Å². The van der Waals surface area contributed by atoms with Crippen molar-refractivity contribution in [3.05, 3.63) is 20.8 Å². The molecule has 0 saturated heterocycles. The number of rotatable bonds is 5. The molecule has 15 heavy (non-hydrogen) atoms. The number of nitrogens with one attached hydrogen (secondary N) is 1. The third-order valence-corrected chi connectivity index (χ3v) is 4.73. The first-order valence-electron chi connectivity index (χ1n) is 5.24. The molecule has 2 nitrogen and oxygen atoms in total. The molecule has 1 aromatic heterocycles. The Hall–Kier alpha value is 0.1000. The summed E-state index contributed by atoms with van der Waals surface area (Å²) in [6.45, 7) is 3.20. The number of aliphatic hydroxyl groups excluding tert-OH is 1. The number of hydrogen-bond donors (Lipinski definition) is 2. The minimum atomic E-state index is -0.0868. The number of aliphatic hydroxyl groups is 1. The standard InChI is InChI=1S/C11H16BrNOS/c1-11(7-14,8-2-3-8)13-6-9-4-5-10(12)15-9/h4-5,8,13-14H,2-3,6-7H2,1H3. The van der Waals surface area contributed by atoms with Gasteiger partial charge >= 0.3 is 0 Å². The Morgan fingerprint density at radius 2 is 2.33 bits per heavy atom. The molecule has 1 aliphatic carbocycles. The smallest absolute Gasteiger partial charge is 0.0701 e. The van der Waals surface area contributed by atoms with Gasteiger partial charge in [0, 0.05) is 17.0 Å². The molecule has 0 bridgehead atoms. The van der Waals surface area contributed by atoms with E-state index in [4.69, 9.17) is 0 Å². The molecule has 0 spiro atoms. The summed E-state index contributed by atoms with van der Waals surface area (Å²) >= 11 is 5.20. The van der Waals surface area contributed by atoms with Crippen LogP contribution in [-0.2, 0) is 6.54 Å². The zero-order valence-electron chi connectivity index (χ0n) is 8.79. The number of thiophene rings is 1. The van der Waals surface area contributed by atoms with Crippen molar-refractivity contribution in [3.63, 3.8) is 0 Å². The maximum absolute atomic E-state index is 9.41. The van der Waals surface area contributed by atoms with Crippen LogP contribution >= 0.6 is 27.3 Å². The highest BCUT2D eigenvalue weighted by Gasteiger charge is 2.40. The van der Waals surface area contributed by atoms with Crippen LogP contribution in [0.25, 0.3) is 0 Å². The molecule has 0 aromatic carbocycles. The summed E-state index contributed by atoms with van der Waals surface area (Å²) in [6.07, 6.45) is 2.50. The van der Waals surface area contributed by atoms with Crippen LogP contribution in [0.2, 0.25) is 0 Å². The van der Waals surface area contributed by atoms with Crippen LogP contribution < -0.4 is 5.32 Å². The van der Waals surface area contributed by atoms with Gasteiger partial charge in [-0.15, -0.1) is 11.3 Å². The van der Waals surface area contributed by atoms with Crippen molar-refractivity contribution in [2.45, 2.75) is 31.8 Å². The summed E-state index contributed by atoms with van der Waals surface area (Å²) in [5.74, 6) is 0.658. The molecule has 0 amide bonds. The largest absolute Gasteiger partial charge is 0.394 e. The lowest BCUT2D eigenvalue weighted by Crippen LogP contribution is -2.47. The average Bonchev–Trinajstić information content (AvgIpc) is 3.00. The van der Waals surface area contributed by atoms with Gasteiger partial charge in [0.2, 0.25) is 0 Å². The molecule has 84 valence electrons. The van der Waals surface area contributed by atoms with Crippen LogP contribution in [-0.4, -0.2) is 17.3 Å². The highest BCUT2D eigenvalue weighted by molar-refractivity contribution is 9.11. The first-order valence-corrected chi connectivity index (χ1v) is 6.85. The van der Waals surface area contributed by atoms with E-state index in [1.165, 1.54) is 17.7 Å². The van der Waals surface area contributed by atoms with Gasteiger partial charge in [-0.3, -0.25) is 0 Å². The van der Waals surface area contributed by atoms with Gasteiger partial charge in [-0.05, 0) is 53.7 Å². The van der Waals surface area contributed by atoms with Crippen molar-refractivity contribution >= 4 is 27.3 Å². The van der Waals surface area contributed by atoms with Crippen LogP contribution in [0.15, 0.2) is 15.9 Å². The van der Waals surface area contributed by atoms with Crippen molar-refractivity contribution in [1.29, 1.82) is 0 Å². The Balaban J connectivity index is 1.91. The molecule has 1 unspecified atom stereocenters. The minimum Gasteiger partial charge on any atom is -0.394 e. The number of halogens is 1. The summed E-state index contributed by atoms with van der Waals surface area (Å²) in [7, 11) is 0. The second-order valence-corrected chi connectivity index (χ2v) is 6.96. The Morgan fingerprint density at radius 3 is 2.80 bits per heavy atom. The normalized spacial score (nSPS) is 20.2. The summed E-state index contributed by atoms with van der Waals surface area (Å²) in [5.41, 5.74) is -0.0868. The van der Waals surface area contributed by atoms with E-state index in [0.717, 1.165) is 10.3 Å². The van der Waals surface area contributed by atoms with Crippen LogP contribution in [0.3, 0.4) is 0 Å². The molecular formula is C11H16BrNOS. The lowest BCUT2D eigenvalue weighted by molar-refractivity contribution is 0.154. The van der Waals surface area contributed by atoms with Crippen LogP contribution in [0.4, 0.5) is 0 Å². The molecule has 1 saturated carbocycles. The molecule has 0 aliphatic heterocycles. The fourth-order valence-corrected chi connectivity index (χ4v) is 3.21. The summed E-state index contributed by atoms with van der Waals surface area (Å²) in [4.78, 5) is 1.31. The van der Waals surface area contributed by atoms with Crippen molar-refractivity contribution < 1.29 is 5.11 Å². The monoisotopic (exact) mass is 289 g/mol. The first kappa shape index (κ1) is 11.6. The van der Waals surface area contributed by atoms with Crippen LogP contribution in [0, 0.1) is 5.92 Å². The number of hydrogen-bond acceptors (Lipinski definition) is 3. The predicted octanol–water partition coefficient (Wildman–Crippen LogP) is 2.76. The molecule has 1 fully saturated rings. The van der Waals surface area contributed by atoms with Gasteiger partial charge in [0.1, 0.15) is 0 Å². The molecule has 4 heteroatoms. The maximum atomic E-state index is 9.41. The summed E-state index contributed by atoms with van der Waals surface area (Å²) in [5, 5.41) is 12.9. The average molecular weight is 290 g/mol. The van der Waals surface area contributed by atoms with E-state index >= 15 is 0 Å². The van der Waals surface area contributed by atoms with E-state index in [2.05, 4.69) is 40.3 Å². The van der Waals surface area contributed by atoms with Crippen LogP contribution in [0.5, 0.6) is 0 Å². The fraction of sp³-hybridized carbons (Fsp3) is 0.636. The minimum absolute atomic E-state index is 0.0868. The zero-order valence-corrected chi connectivity index (χ0v) is 11.2. The SMILES string of the molecule is CC(CO)(NCc1ccc(Br)s1)C1CC1. The Kier molecular flexibility index (Phi) is 3.50. The van der Waals surface area contributed by atoms with Gasteiger partial charge in [-0.2, -0.15) is 0 Å². The van der Waals surface area contributed by atoms with E-state index in [1.807, 2.05) is 0 Å². The molecular weight excluding hydrogens is 274 g/mol. The van der Waals surface area contributed by atoms with Crippen molar-refractivity contribution in [2.24, 2.45) is 5.92 Å². The van der Waals surface area contributed by atoms with Gasteiger partial charge in [-0.1, -0.05) is 0 Å². The van der Waals surface area contributed by atoms with Crippen molar-refractivity contribution in [1.82, 2.24) is 5.32 Å². The van der Waals surface area contributed by atoms with Gasteiger partial charge in [0.05, 0.1) is 10.4 Å². The van der Waals surface area contributed by atoms with E-state index < -0.39 is 0 Å². The summed E-state index contributed by atoms with van der Waals surface area (Å²) in [6, 6.07) is 4.18. The highest BCUT2D eigenvalue weighted by Crippen LogP contribution is 2.39. The molecule has 1 heterocycles. The second kappa shape index (κ2) is 4.53. The van der Waals surface area contributed by atoms with E-state index in [0.29, 0.717) is 5.92 Å². The third-order valence-electron chi connectivity index (χ3n) is 3.10. The molecule has 2 N–H and O–H groups in total. The van der Waals surface area contributed by atoms with E-state index in [-0.39, 0.29) is 12.1 Å². The Morgan fingerprint density at radius 1 is 1.60 bits per heavy atom. The van der Waals surface area contributed by atoms with Crippen LogP contribution in [0.1, 0.15) is 24.6 Å². The second-order valence-electron chi connectivity index (χ2n) is 4.41. The van der Waals surface area contributed by atoms with E-state index in [1.54, 1.807) is 11.3 Å². The van der Waals surface area contributed by atoms with Gasteiger partial charge in [0.15, 0.2) is 0 Å². The van der Waals surface area contributed by atoms with Gasteiger partial charge < -0.3 is 10.4 Å². The molecule has 2 rings (SSSR count). The predicted molar refractivity (Wildman–Crippen MR) is 67.1 cm³/mol. The quantitative estimate of drug-likeness (QED) is 0.874. The van der Waals surface area contributed by atoms with Crippen molar-refractivity contribution in [3.8, 4) is 0 Å². The maximum Gasteiger partial charge on any atom is 0.0701 e. The Bertz CT molecular complexity index is 337. The molecule has 0 radical (unpaired) electrons. The summed E-state index contributed by atoms with van der Waals surface area (Å²) < 4.78 is 1.16. The van der Waals surface area contributed by atoms with E-state index in [9.17, 15) is 5.11 Å². The lowest BCUT2D eigenvalue weighted by atomic mass is 9.97. The molecule has 1 aliphatic rings. The van der Waals surface area contributed by atoms with Gasteiger partial charge in [0.25, 0.3) is 0 Å². The topological polar surface area (TPSA) is 32.3 Å². The van der Waals surface area contributed by atoms with Gasteiger partial charge in [-0.25, -0.2) is 0 Å². The fourth-order valence-electron chi connectivity index (χ4n) is 1.79. The first-order chi connectivity index (χ1) is 7.14.